The number of hydrogen-bond acceptors (Lipinski definition) is 6. The van der Waals surface area contributed by atoms with E-state index in [2.05, 4.69) is 67.9 Å². The van der Waals surface area contributed by atoms with Crippen molar-refractivity contribution >= 4 is 10.9 Å². The van der Waals surface area contributed by atoms with Crippen LogP contribution in [0.5, 0.6) is 0 Å². The Morgan fingerprint density at radius 3 is 2.70 bits per heavy atom. The Kier molecular flexibility index (Phi) is 6.85. The van der Waals surface area contributed by atoms with E-state index < -0.39 is 0 Å². The fourth-order valence-corrected chi connectivity index (χ4v) is 5.92. The number of aryl methyl sites for hydroxylation is 1. The van der Waals surface area contributed by atoms with Gasteiger partial charge in [-0.1, -0.05) is 42.5 Å². The lowest BCUT2D eigenvalue weighted by atomic mass is 9.89. The summed E-state index contributed by atoms with van der Waals surface area (Å²) in [5.74, 6) is 1.34. The number of piperidine rings is 1. The molecule has 0 radical (unpaired) electrons. The molecule has 2 fully saturated rings. The minimum atomic E-state index is -0.316. The predicted molar refractivity (Wildman–Crippen MR) is 142 cm³/mol. The standard InChI is InChI=1S/C29H34N6O2/c1-20-9-10-23-18-25(29(36)30-26(23)16-20)27(28-31-32-33-35(28)19-24-8-5-15-37-24)34-13-11-22(12-14-34)17-21-6-3-2-4-7-21/h2-4,6-7,9-10,16,18,22,24,27H,5,8,11-15,17,19H2,1H3,(H,30,36)/t24-,27+/m1/s1. The van der Waals surface area contributed by atoms with Crippen molar-refractivity contribution in [2.75, 3.05) is 19.7 Å². The average molecular weight is 499 g/mol. The van der Waals surface area contributed by atoms with E-state index in [1.165, 1.54) is 5.56 Å². The molecule has 0 amide bonds. The van der Waals surface area contributed by atoms with Crippen molar-refractivity contribution in [3.63, 3.8) is 0 Å². The van der Waals surface area contributed by atoms with Gasteiger partial charge in [-0.15, -0.1) is 5.10 Å². The van der Waals surface area contributed by atoms with Crippen LogP contribution < -0.4 is 5.56 Å². The predicted octanol–water partition coefficient (Wildman–Crippen LogP) is 4.05. The van der Waals surface area contributed by atoms with E-state index in [4.69, 9.17) is 4.74 Å². The fourth-order valence-electron chi connectivity index (χ4n) is 5.92. The fraction of sp³-hybridized carbons (Fsp3) is 0.448. The van der Waals surface area contributed by atoms with Gasteiger partial charge in [0.05, 0.1) is 12.6 Å². The number of aromatic nitrogens is 5. The maximum absolute atomic E-state index is 13.5. The van der Waals surface area contributed by atoms with Crippen molar-refractivity contribution in [3.8, 4) is 0 Å². The zero-order valence-electron chi connectivity index (χ0n) is 21.3. The van der Waals surface area contributed by atoms with Crippen LogP contribution in [0.15, 0.2) is 59.4 Å². The minimum Gasteiger partial charge on any atom is -0.376 e. The lowest BCUT2D eigenvalue weighted by Crippen LogP contribution is -2.41. The minimum absolute atomic E-state index is 0.0822. The van der Waals surface area contributed by atoms with Gasteiger partial charge in [0.25, 0.3) is 5.56 Å². The summed E-state index contributed by atoms with van der Waals surface area (Å²) in [6.45, 7) is 5.20. The molecule has 4 heterocycles. The first-order valence-corrected chi connectivity index (χ1v) is 13.4. The van der Waals surface area contributed by atoms with Crippen molar-refractivity contribution in [3.05, 3.63) is 87.5 Å². The van der Waals surface area contributed by atoms with Crippen LogP contribution in [0.3, 0.4) is 0 Å². The Labute approximate surface area is 216 Å². The van der Waals surface area contributed by atoms with E-state index in [1.54, 1.807) is 0 Å². The van der Waals surface area contributed by atoms with Crippen LogP contribution in [0.4, 0.5) is 0 Å². The van der Waals surface area contributed by atoms with Gasteiger partial charge in [-0.25, -0.2) is 4.68 Å². The molecule has 1 N–H and O–H groups in total. The number of pyridine rings is 1. The second-order valence-corrected chi connectivity index (χ2v) is 10.6. The average Bonchev–Trinajstić information content (AvgIpc) is 3.59. The van der Waals surface area contributed by atoms with Crippen LogP contribution in [0, 0.1) is 12.8 Å². The number of benzene rings is 2. The van der Waals surface area contributed by atoms with E-state index in [1.807, 2.05) is 23.7 Å². The van der Waals surface area contributed by atoms with Gasteiger partial charge in [0, 0.05) is 17.7 Å². The molecule has 4 aromatic rings. The number of fused-ring (bicyclic) bond motifs is 1. The van der Waals surface area contributed by atoms with Crippen LogP contribution in [-0.4, -0.2) is 55.9 Å². The van der Waals surface area contributed by atoms with Gasteiger partial charge in [0.1, 0.15) is 6.04 Å². The number of likely N-dealkylation sites (tertiary alicyclic amines) is 1. The van der Waals surface area contributed by atoms with Gasteiger partial charge in [-0.2, -0.15) is 0 Å². The van der Waals surface area contributed by atoms with Gasteiger partial charge in [-0.05, 0) is 97.1 Å². The molecule has 0 saturated carbocycles. The number of nitrogens with one attached hydrogen (secondary N) is 1. The van der Waals surface area contributed by atoms with Crippen molar-refractivity contribution in [2.45, 2.75) is 57.7 Å². The largest absolute Gasteiger partial charge is 0.376 e. The van der Waals surface area contributed by atoms with E-state index in [0.29, 0.717) is 23.9 Å². The number of nitrogens with zero attached hydrogens (tertiary/aromatic N) is 5. The maximum atomic E-state index is 13.5. The number of tetrazole rings is 1. The molecule has 0 unspecified atom stereocenters. The highest BCUT2D eigenvalue weighted by Gasteiger charge is 2.34. The van der Waals surface area contributed by atoms with Crippen LogP contribution in [0.2, 0.25) is 0 Å². The van der Waals surface area contributed by atoms with E-state index in [9.17, 15) is 4.79 Å². The van der Waals surface area contributed by atoms with E-state index in [-0.39, 0.29) is 17.7 Å². The highest BCUT2D eigenvalue weighted by molar-refractivity contribution is 5.79. The first-order valence-electron chi connectivity index (χ1n) is 13.4. The molecule has 2 aromatic carbocycles. The summed E-state index contributed by atoms with van der Waals surface area (Å²) in [5.41, 5.74) is 3.98. The molecule has 6 rings (SSSR count). The van der Waals surface area contributed by atoms with E-state index in [0.717, 1.165) is 68.3 Å². The first kappa shape index (κ1) is 24.0. The molecule has 192 valence electrons. The smallest absolute Gasteiger partial charge is 0.253 e. The van der Waals surface area contributed by atoms with Crippen LogP contribution in [0.1, 0.15) is 54.2 Å². The molecular weight excluding hydrogens is 464 g/mol. The van der Waals surface area contributed by atoms with Crippen LogP contribution in [-0.2, 0) is 17.7 Å². The highest BCUT2D eigenvalue weighted by atomic mass is 16.5. The molecular formula is C29H34N6O2. The second-order valence-electron chi connectivity index (χ2n) is 10.6. The lowest BCUT2D eigenvalue weighted by molar-refractivity contribution is 0.0892. The summed E-state index contributed by atoms with van der Waals surface area (Å²) >= 11 is 0. The number of hydrogen-bond donors (Lipinski definition) is 1. The Morgan fingerprint density at radius 1 is 1.08 bits per heavy atom. The lowest BCUT2D eigenvalue weighted by Gasteiger charge is -2.37. The SMILES string of the molecule is Cc1ccc2cc([C@@H](c3nnnn3C[C@H]3CCCO3)N3CCC(Cc4ccccc4)CC3)c(=O)[nH]c2c1. The Balaban J connectivity index is 1.32. The third-order valence-corrected chi connectivity index (χ3v) is 7.91. The third-order valence-electron chi connectivity index (χ3n) is 7.91. The Bertz CT molecular complexity index is 1400. The molecule has 2 atom stereocenters. The molecule has 0 spiro atoms. The van der Waals surface area contributed by atoms with Crippen molar-refractivity contribution in [1.29, 1.82) is 0 Å². The molecule has 8 nitrogen and oxygen atoms in total. The monoisotopic (exact) mass is 498 g/mol. The van der Waals surface area contributed by atoms with Crippen molar-refractivity contribution < 1.29 is 4.74 Å². The molecule has 0 aliphatic carbocycles. The number of aromatic amines is 1. The summed E-state index contributed by atoms with van der Waals surface area (Å²) in [6.07, 6.45) is 5.41. The molecule has 2 aromatic heterocycles. The quantitative estimate of drug-likeness (QED) is 0.414. The van der Waals surface area contributed by atoms with Crippen LogP contribution in [0.25, 0.3) is 10.9 Å². The molecule has 8 heteroatoms. The van der Waals surface area contributed by atoms with Crippen LogP contribution >= 0.6 is 0 Å². The van der Waals surface area contributed by atoms with E-state index >= 15 is 0 Å². The molecule has 37 heavy (non-hydrogen) atoms. The molecule has 2 aliphatic heterocycles. The number of rotatable bonds is 7. The first-order chi connectivity index (χ1) is 18.1. The highest BCUT2D eigenvalue weighted by Crippen LogP contribution is 2.32. The summed E-state index contributed by atoms with van der Waals surface area (Å²) in [6, 6.07) is 18.6. The summed E-state index contributed by atoms with van der Waals surface area (Å²) in [4.78, 5) is 19.0. The van der Waals surface area contributed by atoms with Gasteiger partial charge in [0.15, 0.2) is 5.82 Å². The summed E-state index contributed by atoms with van der Waals surface area (Å²) in [7, 11) is 0. The number of ether oxygens (including phenoxy) is 1. The Hall–Kier alpha value is -3.36. The van der Waals surface area contributed by atoms with Crippen molar-refractivity contribution in [2.24, 2.45) is 5.92 Å². The number of H-pyrrole nitrogens is 1. The third kappa shape index (κ3) is 5.22. The van der Waals surface area contributed by atoms with Crippen molar-refractivity contribution in [1.82, 2.24) is 30.1 Å². The Morgan fingerprint density at radius 2 is 1.92 bits per heavy atom. The zero-order chi connectivity index (χ0) is 25.2. The maximum Gasteiger partial charge on any atom is 0.253 e. The zero-order valence-corrected chi connectivity index (χ0v) is 21.3. The normalized spacial score (nSPS) is 20.0. The molecule has 2 aliphatic rings. The summed E-state index contributed by atoms with van der Waals surface area (Å²) in [5, 5.41) is 13.9. The molecule has 0 bridgehead atoms. The van der Waals surface area contributed by atoms with Gasteiger partial charge >= 0.3 is 0 Å². The topological polar surface area (TPSA) is 88.9 Å². The molecule has 2 saturated heterocycles. The summed E-state index contributed by atoms with van der Waals surface area (Å²) < 4.78 is 7.73. The van der Waals surface area contributed by atoms with Gasteiger partial charge in [-0.3, -0.25) is 9.69 Å². The van der Waals surface area contributed by atoms with Gasteiger partial charge in [0.2, 0.25) is 0 Å². The second kappa shape index (κ2) is 10.6. The van der Waals surface area contributed by atoms with Gasteiger partial charge < -0.3 is 9.72 Å².